The maximum absolute atomic E-state index is 13.6. The second kappa shape index (κ2) is 6.74. The maximum Gasteiger partial charge on any atom is 0.258 e. The van der Waals surface area contributed by atoms with Gasteiger partial charge in [0.1, 0.15) is 11.9 Å². The van der Waals surface area contributed by atoms with Crippen LogP contribution >= 0.6 is 0 Å². The lowest BCUT2D eigenvalue weighted by Gasteiger charge is -2.29. The Morgan fingerprint density at radius 3 is 2.84 bits per heavy atom. The smallest absolute Gasteiger partial charge is 0.258 e. The van der Waals surface area contributed by atoms with Crippen LogP contribution in [0.2, 0.25) is 0 Å². The number of hydrazine groups is 1. The van der Waals surface area contributed by atoms with E-state index >= 15 is 0 Å². The average Bonchev–Trinajstić information content (AvgIpc) is 3.08. The minimum Gasteiger partial charge on any atom is -0.271 e. The molecule has 1 amide bonds. The molecule has 1 aliphatic heterocycles. The maximum atomic E-state index is 13.6. The van der Waals surface area contributed by atoms with Crippen LogP contribution in [-0.2, 0) is 11.2 Å². The molecule has 1 aliphatic carbocycles. The third kappa shape index (κ3) is 3.06. The summed E-state index contributed by atoms with van der Waals surface area (Å²) in [6.45, 7) is 0. The van der Waals surface area contributed by atoms with Crippen molar-refractivity contribution in [3.63, 3.8) is 0 Å². The minimum atomic E-state index is -0.370. The molecule has 128 valence electrons. The molecule has 2 aliphatic rings. The number of aryl methyl sites for hydroxylation is 1. The number of hydrogen-bond donors (Lipinski definition) is 3. The molecule has 3 N–H and O–H groups in total. The van der Waals surface area contributed by atoms with Crippen LogP contribution in [0.15, 0.2) is 53.6 Å². The summed E-state index contributed by atoms with van der Waals surface area (Å²) in [6.07, 6.45) is 3.21. The second-order valence-corrected chi connectivity index (χ2v) is 6.40. The molecule has 2 aromatic carbocycles. The quantitative estimate of drug-likeness (QED) is 0.593. The topological polar surface area (TPSA) is 65.5 Å². The molecule has 4 rings (SSSR count). The molecule has 3 atom stereocenters. The lowest BCUT2D eigenvalue weighted by molar-refractivity contribution is -0.123. The molecule has 0 aromatic heterocycles. The van der Waals surface area contributed by atoms with Gasteiger partial charge in [-0.05, 0) is 30.0 Å². The predicted octanol–water partition coefficient (Wildman–Crippen LogP) is 2.06. The Labute approximate surface area is 145 Å². The molecule has 3 unspecified atom stereocenters. The predicted molar refractivity (Wildman–Crippen MR) is 93.2 cm³/mol. The molecule has 1 fully saturated rings. The van der Waals surface area contributed by atoms with Gasteiger partial charge in [0.25, 0.3) is 5.91 Å². The summed E-state index contributed by atoms with van der Waals surface area (Å²) >= 11 is 0. The van der Waals surface area contributed by atoms with Gasteiger partial charge in [0, 0.05) is 11.5 Å². The van der Waals surface area contributed by atoms with Crippen LogP contribution in [-0.4, -0.2) is 18.2 Å². The monoisotopic (exact) mass is 338 g/mol. The Morgan fingerprint density at radius 1 is 1.16 bits per heavy atom. The first-order chi connectivity index (χ1) is 12.2. The first-order valence-electron chi connectivity index (χ1n) is 8.40. The number of carbonyl (C=O) groups excluding carboxylic acids is 1. The number of halogens is 1. The van der Waals surface area contributed by atoms with Gasteiger partial charge in [-0.3, -0.25) is 4.79 Å². The molecule has 6 heteroatoms. The van der Waals surface area contributed by atoms with Crippen molar-refractivity contribution in [3.8, 4) is 0 Å². The highest BCUT2D eigenvalue weighted by Gasteiger charge is 2.43. The fourth-order valence-corrected chi connectivity index (χ4v) is 3.69. The van der Waals surface area contributed by atoms with Gasteiger partial charge < -0.3 is 0 Å². The first-order valence-corrected chi connectivity index (χ1v) is 8.40. The van der Waals surface area contributed by atoms with E-state index in [2.05, 4.69) is 33.5 Å². The SMILES string of the molecule is O=C(N/N=C/c1ccccc1F)C1NNC2c3ccccc3CCC12. The number of nitrogens with zero attached hydrogens (tertiary/aromatic N) is 1. The van der Waals surface area contributed by atoms with Crippen LogP contribution in [0, 0.1) is 11.7 Å². The van der Waals surface area contributed by atoms with Crippen LogP contribution in [0.3, 0.4) is 0 Å². The van der Waals surface area contributed by atoms with Crippen LogP contribution in [0.4, 0.5) is 4.39 Å². The van der Waals surface area contributed by atoms with Crippen LogP contribution in [0.1, 0.15) is 29.2 Å². The summed E-state index contributed by atoms with van der Waals surface area (Å²) in [7, 11) is 0. The molecule has 0 spiro atoms. The Hall–Kier alpha value is -2.57. The number of hydrogen-bond acceptors (Lipinski definition) is 4. The number of benzene rings is 2. The van der Waals surface area contributed by atoms with E-state index in [9.17, 15) is 9.18 Å². The average molecular weight is 338 g/mol. The highest BCUT2D eigenvalue weighted by molar-refractivity contribution is 5.85. The van der Waals surface area contributed by atoms with Crippen molar-refractivity contribution in [2.45, 2.75) is 24.9 Å². The lowest BCUT2D eigenvalue weighted by Crippen LogP contribution is -2.44. The summed E-state index contributed by atoms with van der Waals surface area (Å²) in [5.74, 6) is -0.421. The molecule has 0 bridgehead atoms. The largest absolute Gasteiger partial charge is 0.271 e. The fraction of sp³-hybridized carbons (Fsp3) is 0.263. The summed E-state index contributed by atoms with van der Waals surface area (Å²) in [4.78, 5) is 12.5. The number of fused-ring (bicyclic) bond motifs is 3. The van der Waals surface area contributed by atoms with Crippen molar-refractivity contribution in [2.24, 2.45) is 11.0 Å². The van der Waals surface area contributed by atoms with E-state index < -0.39 is 0 Å². The molecule has 2 aromatic rings. The van der Waals surface area contributed by atoms with Crippen molar-refractivity contribution in [1.29, 1.82) is 0 Å². The molecule has 1 saturated heterocycles. The summed E-state index contributed by atoms with van der Waals surface area (Å²) in [5.41, 5.74) is 11.8. The Morgan fingerprint density at radius 2 is 1.96 bits per heavy atom. The Kier molecular flexibility index (Phi) is 4.29. The van der Waals surface area contributed by atoms with E-state index in [1.807, 2.05) is 12.1 Å². The molecular weight excluding hydrogens is 319 g/mol. The van der Waals surface area contributed by atoms with Gasteiger partial charge in [-0.2, -0.15) is 5.10 Å². The lowest BCUT2D eigenvalue weighted by atomic mass is 9.77. The third-order valence-electron chi connectivity index (χ3n) is 4.95. The van der Waals surface area contributed by atoms with E-state index in [-0.39, 0.29) is 29.7 Å². The standard InChI is InChI=1S/C19H19FN4O/c20-16-8-4-2-6-13(16)11-21-24-19(25)18-15-10-9-12-5-1-3-7-14(12)17(15)22-23-18/h1-8,11,15,17-18,22-23H,9-10H2,(H,24,25)/b21-11+. The van der Waals surface area contributed by atoms with Crippen molar-refractivity contribution >= 4 is 12.1 Å². The van der Waals surface area contributed by atoms with Gasteiger partial charge in [-0.25, -0.2) is 20.7 Å². The van der Waals surface area contributed by atoms with E-state index in [0.29, 0.717) is 5.56 Å². The summed E-state index contributed by atoms with van der Waals surface area (Å²) in [6, 6.07) is 14.4. The highest BCUT2D eigenvalue weighted by Crippen LogP contribution is 2.38. The second-order valence-electron chi connectivity index (χ2n) is 6.40. The zero-order chi connectivity index (χ0) is 17.2. The van der Waals surface area contributed by atoms with E-state index in [1.54, 1.807) is 18.2 Å². The van der Waals surface area contributed by atoms with Crippen LogP contribution < -0.4 is 16.3 Å². The number of rotatable bonds is 3. The first kappa shape index (κ1) is 15.9. The zero-order valence-electron chi connectivity index (χ0n) is 13.6. The van der Waals surface area contributed by atoms with Crippen molar-refractivity contribution in [1.82, 2.24) is 16.3 Å². The number of hydrazone groups is 1. The third-order valence-corrected chi connectivity index (χ3v) is 4.95. The molecule has 0 radical (unpaired) electrons. The normalized spacial score (nSPS) is 24.8. The van der Waals surface area contributed by atoms with Gasteiger partial charge in [0.2, 0.25) is 0 Å². The van der Waals surface area contributed by atoms with Gasteiger partial charge in [-0.15, -0.1) is 0 Å². The van der Waals surface area contributed by atoms with Gasteiger partial charge in [0.15, 0.2) is 0 Å². The molecule has 1 heterocycles. The molecular formula is C19H19FN4O. The van der Waals surface area contributed by atoms with Crippen molar-refractivity contribution < 1.29 is 9.18 Å². The Balaban J connectivity index is 1.43. The van der Waals surface area contributed by atoms with Gasteiger partial charge in [0.05, 0.1) is 12.3 Å². The van der Waals surface area contributed by atoms with Crippen LogP contribution in [0.25, 0.3) is 0 Å². The van der Waals surface area contributed by atoms with Crippen molar-refractivity contribution in [3.05, 3.63) is 71.0 Å². The number of amides is 1. The Bertz CT molecular complexity index is 823. The molecule has 25 heavy (non-hydrogen) atoms. The van der Waals surface area contributed by atoms with Gasteiger partial charge >= 0.3 is 0 Å². The van der Waals surface area contributed by atoms with E-state index in [0.717, 1.165) is 12.8 Å². The van der Waals surface area contributed by atoms with Gasteiger partial charge in [-0.1, -0.05) is 42.5 Å². The highest BCUT2D eigenvalue weighted by atomic mass is 19.1. The van der Waals surface area contributed by atoms with E-state index in [4.69, 9.17) is 0 Å². The van der Waals surface area contributed by atoms with Crippen LogP contribution in [0.5, 0.6) is 0 Å². The minimum absolute atomic E-state index is 0.122. The summed E-state index contributed by atoms with van der Waals surface area (Å²) in [5, 5.41) is 3.90. The van der Waals surface area contributed by atoms with Crippen molar-refractivity contribution in [2.75, 3.05) is 0 Å². The zero-order valence-corrected chi connectivity index (χ0v) is 13.6. The summed E-state index contributed by atoms with van der Waals surface area (Å²) < 4.78 is 13.6. The molecule has 5 nitrogen and oxygen atoms in total. The fourth-order valence-electron chi connectivity index (χ4n) is 3.69. The number of nitrogens with one attached hydrogen (secondary N) is 3. The molecule has 0 saturated carbocycles. The number of carbonyl (C=O) groups is 1. The van der Waals surface area contributed by atoms with E-state index in [1.165, 1.54) is 23.4 Å².